The van der Waals surface area contributed by atoms with Gasteiger partial charge in [-0.1, -0.05) is 86.6 Å². The lowest BCUT2D eigenvalue weighted by Crippen LogP contribution is -2.20. The van der Waals surface area contributed by atoms with Crippen LogP contribution in [0.3, 0.4) is 0 Å². The third-order valence-electron chi connectivity index (χ3n) is 5.91. The number of hydrazone groups is 1. The van der Waals surface area contributed by atoms with E-state index in [2.05, 4.69) is 53.6 Å². The molecular formula is C29H28F3N5OS. The normalized spacial score (nSPS) is 12.2. The van der Waals surface area contributed by atoms with E-state index >= 15 is 0 Å². The molecule has 1 aromatic heterocycles. The lowest BCUT2D eigenvalue weighted by molar-refractivity contribution is -0.137. The molecule has 0 aliphatic heterocycles. The smallest absolute Gasteiger partial charge is 0.272 e. The van der Waals surface area contributed by atoms with Crippen molar-refractivity contribution in [2.45, 2.75) is 44.4 Å². The molecular weight excluding hydrogens is 523 g/mol. The molecule has 6 nitrogen and oxygen atoms in total. The van der Waals surface area contributed by atoms with Crippen LogP contribution in [0.15, 0.2) is 83.1 Å². The Labute approximate surface area is 229 Å². The number of thioether (sulfide) groups is 1. The molecule has 10 heteroatoms. The zero-order chi connectivity index (χ0) is 28.2. The molecule has 0 aliphatic rings. The largest absolute Gasteiger partial charge is 0.416 e. The summed E-state index contributed by atoms with van der Waals surface area (Å²) in [4.78, 5) is 12.4. The molecule has 0 radical (unpaired) electrons. The number of aromatic nitrogens is 3. The number of benzene rings is 3. The molecule has 0 aliphatic carbocycles. The van der Waals surface area contributed by atoms with Crippen LogP contribution in [-0.4, -0.2) is 32.6 Å². The van der Waals surface area contributed by atoms with Gasteiger partial charge in [0.1, 0.15) is 0 Å². The van der Waals surface area contributed by atoms with E-state index in [9.17, 15) is 18.0 Å². The molecule has 0 fully saturated rings. The maximum Gasteiger partial charge on any atom is 0.416 e. The summed E-state index contributed by atoms with van der Waals surface area (Å²) in [5.41, 5.74) is 6.18. The van der Waals surface area contributed by atoms with E-state index < -0.39 is 17.6 Å². The summed E-state index contributed by atoms with van der Waals surface area (Å²) in [7, 11) is 0. The van der Waals surface area contributed by atoms with Gasteiger partial charge in [0, 0.05) is 11.3 Å². The van der Waals surface area contributed by atoms with Gasteiger partial charge in [-0.15, -0.1) is 10.2 Å². The summed E-state index contributed by atoms with van der Waals surface area (Å²) < 4.78 is 40.0. The summed E-state index contributed by atoms with van der Waals surface area (Å²) in [6.45, 7) is 8.48. The number of amides is 1. The topological polar surface area (TPSA) is 72.2 Å². The summed E-state index contributed by atoms with van der Waals surface area (Å²) in [6, 6.07) is 20.7. The SMILES string of the molecule is Cc1ccc(-n2c(SCC(=O)N/N=C\c3ccc(C(F)(F)F)cc3)nnc2-c2ccc(C(C)(C)C)cc2)cc1. The van der Waals surface area contributed by atoms with Crippen molar-refractivity contribution in [2.24, 2.45) is 5.10 Å². The predicted molar refractivity (Wildman–Crippen MR) is 148 cm³/mol. The number of hydrogen-bond donors (Lipinski definition) is 1. The van der Waals surface area contributed by atoms with E-state index in [1.54, 1.807) is 0 Å². The van der Waals surface area contributed by atoms with Crippen LogP contribution >= 0.6 is 11.8 Å². The van der Waals surface area contributed by atoms with Crippen LogP contribution in [0.2, 0.25) is 0 Å². The van der Waals surface area contributed by atoms with Crippen LogP contribution in [-0.2, 0) is 16.4 Å². The Kier molecular flexibility index (Phi) is 8.25. The fraction of sp³-hybridized carbons (Fsp3) is 0.241. The average Bonchev–Trinajstić information content (AvgIpc) is 3.31. The summed E-state index contributed by atoms with van der Waals surface area (Å²) in [5.74, 6) is 0.275. The summed E-state index contributed by atoms with van der Waals surface area (Å²) in [6.07, 6.45) is -3.12. The summed E-state index contributed by atoms with van der Waals surface area (Å²) in [5, 5.41) is 13.2. The Morgan fingerprint density at radius 3 is 2.13 bits per heavy atom. The van der Waals surface area contributed by atoms with Gasteiger partial charge >= 0.3 is 6.18 Å². The number of hydrogen-bond acceptors (Lipinski definition) is 5. The van der Waals surface area contributed by atoms with Gasteiger partial charge in [-0.05, 0) is 47.7 Å². The number of alkyl halides is 3. The van der Waals surface area contributed by atoms with Gasteiger partial charge in [0.05, 0.1) is 17.5 Å². The predicted octanol–water partition coefficient (Wildman–Crippen LogP) is 6.80. The van der Waals surface area contributed by atoms with Crippen molar-refractivity contribution in [3.63, 3.8) is 0 Å². The molecule has 202 valence electrons. The molecule has 0 atom stereocenters. The number of aryl methyl sites for hydroxylation is 1. The number of carbonyl (C=O) groups excluding carboxylic acids is 1. The molecule has 0 unspecified atom stereocenters. The molecule has 1 heterocycles. The van der Waals surface area contributed by atoms with Gasteiger partial charge in [0.25, 0.3) is 5.91 Å². The number of halogens is 3. The second kappa shape index (κ2) is 11.4. The minimum atomic E-state index is -4.41. The molecule has 0 saturated heterocycles. The number of rotatable bonds is 7. The lowest BCUT2D eigenvalue weighted by atomic mass is 9.87. The van der Waals surface area contributed by atoms with Crippen molar-refractivity contribution < 1.29 is 18.0 Å². The lowest BCUT2D eigenvalue weighted by Gasteiger charge is -2.19. The van der Waals surface area contributed by atoms with E-state index in [-0.39, 0.29) is 11.2 Å². The third-order valence-corrected chi connectivity index (χ3v) is 6.84. The highest BCUT2D eigenvalue weighted by molar-refractivity contribution is 7.99. The Morgan fingerprint density at radius 1 is 0.923 bits per heavy atom. The van der Waals surface area contributed by atoms with Crippen molar-refractivity contribution in [2.75, 3.05) is 5.75 Å². The van der Waals surface area contributed by atoms with E-state index in [4.69, 9.17) is 0 Å². The Morgan fingerprint density at radius 2 is 1.54 bits per heavy atom. The molecule has 1 N–H and O–H groups in total. The van der Waals surface area contributed by atoms with Crippen LogP contribution in [0.1, 0.15) is 43.0 Å². The van der Waals surface area contributed by atoms with E-state index in [1.165, 1.54) is 35.7 Å². The first kappa shape index (κ1) is 28.1. The van der Waals surface area contributed by atoms with Crippen molar-refractivity contribution in [1.82, 2.24) is 20.2 Å². The van der Waals surface area contributed by atoms with Crippen molar-refractivity contribution in [3.05, 3.63) is 95.1 Å². The van der Waals surface area contributed by atoms with Crippen LogP contribution < -0.4 is 5.43 Å². The molecule has 0 spiro atoms. The van der Waals surface area contributed by atoms with Gasteiger partial charge in [0.2, 0.25) is 0 Å². The van der Waals surface area contributed by atoms with Gasteiger partial charge < -0.3 is 0 Å². The van der Waals surface area contributed by atoms with Crippen LogP contribution in [0, 0.1) is 6.92 Å². The average molecular weight is 552 g/mol. The first-order valence-corrected chi connectivity index (χ1v) is 13.2. The molecule has 0 saturated carbocycles. The highest BCUT2D eigenvalue weighted by Crippen LogP contribution is 2.31. The quantitative estimate of drug-likeness (QED) is 0.156. The Balaban J connectivity index is 1.49. The zero-order valence-corrected chi connectivity index (χ0v) is 22.8. The van der Waals surface area contributed by atoms with Gasteiger partial charge in [0.15, 0.2) is 11.0 Å². The highest BCUT2D eigenvalue weighted by atomic mass is 32.2. The van der Waals surface area contributed by atoms with E-state index in [0.29, 0.717) is 16.5 Å². The minimum absolute atomic E-state index is 0.0112. The van der Waals surface area contributed by atoms with Crippen molar-refractivity contribution >= 4 is 23.9 Å². The number of nitrogens with zero attached hydrogens (tertiary/aromatic N) is 4. The maximum absolute atomic E-state index is 12.7. The zero-order valence-electron chi connectivity index (χ0n) is 22.0. The fourth-order valence-corrected chi connectivity index (χ4v) is 4.44. The number of nitrogens with one attached hydrogen (secondary N) is 1. The Hall–Kier alpha value is -3.92. The first-order chi connectivity index (χ1) is 18.4. The van der Waals surface area contributed by atoms with Gasteiger partial charge in [-0.25, -0.2) is 5.43 Å². The first-order valence-electron chi connectivity index (χ1n) is 12.2. The summed E-state index contributed by atoms with van der Waals surface area (Å²) >= 11 is 1.21. The van der Waals surface area contributed by atoms with E-state index in [0.717, 1.165) is 28.9 Å². The highest BCUT2D eigenvalue weighted by Gasteiger charge is 2.29. The fourth-order valence-electron chi connectivity index (χ4n) is 3.70. The van der Waals surface area contributed by atoms with Crippen molar-refractivity contribution in [3.8, 4) is 17.1 Å². The van der Waals surface area contributed by atoms with Crippen LogP contribution in [0.5, 0.6) is 0 Å². The molecule has 1 amide bonds. The second-order valence-electron chi connectivity index (χ2n) is 10.0. The minimum Gasteiger partial charge on any atom is -0.272 e. The maximum atomic E-state index is 12.7. The van der Waals surface area contributed by atoms with Crippen LogP contribution in [0.4, 0.5) is 13.2 Å². The van der Waals surface area contributed by atoms with Gasteiger partial charge in [-0.3, -0.25) is 9.36 Å². The molecule has 0 bridgehead atoms. The van der Waals surface area contributed by atoms with Crippen molar-refractivity contribution in [1.29, 1.82) is 0 Å². The second-order valence-corrected chi connectivity index (χ2v) is 10.9. The standard InChI is InChI=1S/C29H28F3N5OS/c1-19-5-15-24(16-6-19)37-26(21-9-13-22(14-10-21)28(2,3)4)35-36-27(37)39-18-25(38)34-33-17-20-7-11-23(12-8-20)29(30,31)32/h5-17H,18H2,1-4H3,(H,34,38)/b33-17-. The Bertz CT molecular complexity index is 1450. The van der Waals surface area contributed by atoms with E-state index in [1.807, 2.05) is 47.9 Å². The number of carbonyl (C=O) groups is 1. The molecule has 4 rings (SSSR count). The molecule has 4 aromatic rings. The van der Waals surface area contributed by atoms with Crippen LogP contribution in [0.25, 0.3) is 17.1 Å². The molecule has 39 heavy (non-hydrogen) atoms. The monoisotopic (exact) mass is 551 g/mol. The third kappa shape index (κ3) is 7.14. The molecule has 3 aromatic carbocycles. The van der Waals surface area contributed by atoms with Gasteiger partial charge in [-0.2, -0.15) is 18.3 Å².